The summed E-state index contributed by atoms with van der Waals surface area (Å²) >= 11 is 7.29. The zero-order valence-electron chi connectivity index (χ0n) is 12.6. The molecule has 6 nitrogen and oxygen atoms in total. The number of nitrogens with zero attached hydrogens (tertiary/aromatic N) is 1. The van der Waals surface area contributed by atoms with Crippen molar-refractivity contribution in [3.05, 3.63) is 40.4 Å². The third kappa shape index (κ3) is 3.58. The molecule has 0 spiro atoms. The molecule has 2 heterocycles. The van der Waals surface area contributed by atoms with Crippen molar-refractivity contribution >= 4 is 34.8 Å². The van der Waals surface area contributed by atoms with Gasteiger partial charge in [0.15, 0.2) is 5.54 Å². The number of rotatable bonds is 5. The lowest BCUT2D eigenvalue weighted by Gasteiger charge is -2.23. The third-order valence-corrected chi connectivity index (χ3v) is 4.99. The molecule has 1 aromatic carbocycles. The summed E-state index contributed by atoms with van der Waals surface area (Å²) in [5.41, 5.74) is 0.190. The first-order valence-corrected chi connectivity index (χ1v) is 8.57. The molecule has 1 unspecified atom stereocenters. The first-order valence-electron chi connectivity index (χ1n) is 7.31. The first kappa shape index (κ1) is 16.9. The number of benzene rings is 1. The fourth-order valence-electron chi connectivity index (χ4n) is 2.47. The molecule has 1 atom stereocenters. The molecule has 24 heavy (non-hydrogen) atoms. The second kappa shape index (κ2) is 6.88. The average molecular weight is 367 g/mol. The predicted molar refractivity (Wildman–Crippen MR) is 90.2 cm³/mol. The van der Waals surface area contributed by atoms with E-state index in [4.69, 9.17) is 16.3 Å². The van der Waals surface area contributed by atoms with Crippen molar-refractivity contribution in [2.24, 2.45) is 0 Å². The van der Waals surface area contributed by atoms with Crippen LogP contribution in [0.15, 0.2) is 29.6 Å². The maximum absolute atomic E-state index is 12.2. The molecule has 1 aliphatic rings. The van der Waals surface area contributed by atoms with Gasteiger partial charge in [0.25, 0.3) is 0 Å². The van der Waals surface area contributed by atoms with Gasteiger partial charge in [0.05, 0.1) is 18.7 Å². The van der Waals surface area contributed by atoms with Crippen molar-refractivity contribution in [3.8, 4) is 10.6 Å². The number of ether oxygens (including phenoxy) is 1. The highest BCUT2D eigenvalue weighted by Gasteiger charge is 2.43. The quantitative estimate of drug-likeness (QED) is 0.848. The van der Waals surface area contributed by atoms with Gasteiger partial charge in [-0.05, 0) is 12.1 Å². The Balaban J connectivity index is 1.67. The number of aliphatic carboxylic acids is 1. The van der Waals surface area contributed by atoms with Crippen LogP contribution in [0.1, 0.15) is 12.1 Å². The number of hydrogen-bond acceptors (Lipinski definition) is 5. The van der Waals surface area contributed by atoms with E-state index in [-0.39, 0.29) is 25.4 Å². The Morgan fingerprint density at radius 2 is 2.12 bits per heavy atom. The Labute approximate surface area is 147 Å². The number of aromatic nitrogens is 1. The molecule has 1 aliphatic heterocycles. The largest absolute Gasteiger partial charge is 0.479 e. The lowest BCUT2D eigenvalue weighted by atomic mass is 9.99. The lowest BCUT2D eigenvalue weighted by molar-refractivity contribution is -0.147. The molecule has 1 aromatic heterocycles. The summed E-state index contributed by atoms with van der Waals surface area (Å²) in [5.74, 6) is -1.45. The summed E-state index contributed by atoms with van der Waals surface area (Å²) in [6.45, 7) is 0.311. The van der Waals surface area contributed by atoms with E-state index in [1.807, 2.05) is 12.1 Å². The number of halogens is 1. The van der Waals surface area contributed by atoms with E-state index in [1.54, 1.807) is 17.5 Å². The maximum atomic E-state index is 12.2. The van der Waals surface area contributed by atoms with Gasteiger partial charge in [-0.15, -0.1) is 11.3 Å². The first-order chi connectivity index (χ1) is 11.5. The standard InChI is InChI=1S/C16H15ClN2O4S/c17-11-3-1-10(2-4-11)14-18-12(8-24-14)7-13(20)19-16(15(21)22)5-6-23-9-16/h1-4,8H,5-7,9H2,(H,19,20)(H,21,22). The number of carboxylic acids is 1. The Bertz CT molecular complexity index is 754. The van der Waals surface area contributed by atoms with Crippen LogP contribution in [0.2, 0.25) is 5.02 Å². The molecular formula is C16H15ClN2O4S. The lowest BCUT2D eigenvalue weighted by Crippen LogP contribution is -2.55. The van der Waals surface area contributed by atoms with E-state index < -0.39 is 11.5 Å². The Hall–Kier alpha value is -1.96. The van der Waals surface area contributed by atoms with Crippen LogP contribution in [0.25, 0.3) is 10.6 Å². The minimum atomic E-state index is -1.33. The van der Waals surface area contributed by atoms with Crippen LogP contribution in [0.5, 0.6) is 0 Å². The zero-order chi connectivity index (χ0) is 17.2. The van der Waals surface area contributed by atoms with Crippen molar-refractivity contribution in [2.45, 2.75) is 18.4 Å². The molecule has 2 aromatic rings. The molecule has 0 saturated carbocycles. The monoisotopic (exact) mass is 366 g/mol. The normalized spacial score (nSPS) is 20.0. The molecular weight excluding hydrogens is 352 g/mol. The van der Waals surface area contributed by atoms with Crippen LogP contribution in [0.4, 0.5) is 0 Å². The van der Waals surface area contributed by atoms with Gasteiger partial charge in [0, 0.05) is 29.0 Å². The summed E-state index contributed by atoms with van der Waals surface area (Å²) in [7, 11) is 0. The van der Waals surface area contributed by atoms with Crippen LogP contribution in [0.3, 0.4) is 0 Å². The van der Waals surface area contributed by atoms with E-state index in [0.717, 1.165) is 10.6 Å². The van der Waals surface area contributed by atoms with E-state index in [1.165, 1.54) is 11.3 Å². The molecule has 1 amide bonds. The van der Waals surface area contributed by atoms with Crippen LogP contribution >= 0.6 is 22.9 Å². The molecule has 126 valence electrons. The highest BCUT2D eigenvalue weighted by molar-refractivity contribution is 7.13. The molecule has 1 fully saturated rings. The van der Waals surface area contributed by atoms with Crippen molar-refractivity contribution in [3.63, 3.8) is 0 Å². The van der Waals surface area contributed by atoms with Gasteiger partial charge in [0.2, 0.25) is 5.91 Å². The number of amides is 1. The number of nitrogens with one attached hydrogen (secondary N) is 1. The van der Waals surface area contributed by atoms with Gasteiger partial charge in [-0.1, -0.05) is 23.7 Å². The van der Waals surface area contributed by atoms with Gasteiger partial charge < -0.3 is 15.2 Å². The molecule has 0 radical (unpaired) electrons. The minimum Gasteiger partial charge on any atom is -0.479 e. The third-order valence-electron chi connectivity index (χ3n) is 3.79. The van der Waals surface area contributed by atoms with E-state index in [0.29, 0.717) is 17.3 Å². The Morgan fingerprint density at radius 3 is 2.75 bits per heavy atom. The Kier molecular flexibility index (Phi) is 4.84. The van der Waals surface area contributed by atoms with Crippen LogP contribution in [-0.2, 0) is 20.7 Å². The van der Waals surface area contributed by atoms with Gasteiger partial charge in [0.1, 0.15) is 5.01 Å². The van der Waals surface area contributed by atoms with Crippen molar-refractivity contribution in [1.29, 1.82) is 0 Å². The fourth-order valence-corrected chi connectivity index (χ4v) is 3.43. The fraction of sp³-hybridized carbons (Fsp3) is 0.312. The number of hydrogen-bond donors (Lipinski definition) is 2. The van der Waals surface area contributed by atoms with Crippen LogP contribution in [-0.4, -0.2) is 40.7 Å². The highest BCUT2D eigenvalue weighted by atomic mass is 35.5. The molecule has 2 N–H and O–H groups in total. The zero-order valence-corrected chi connectivity index (χ0v) is 14.2. The maximum Gasteiger partial charge on any atom is 0.331 e. The van der Waals surface area contributed by atoms with Crippen LogP contribution < -0.4 is 5.32 Å². The number of carbonyl (C=O) groups is 2. The van der Waals surface area contributed by atoms with Gasteiger partial charge in [-0.25, -0.2) is 9.78 Å². The molecule has 0 aliphatic carbocycles. The van der Waals surface area contributed by atoms with Gasteiger partial charge in [-0.3, -0.25) is 4.79 Å². The second-order valence-electron chi connectivity index (χ2n) is 5.57. The molecule has 0 bridgehead atoms. The minimum absolute atomic E-state index is 0.0127. The van der Waals surface area contributed by atoms with Crippen molar-refractivity contribution in [2.75, 3.05) is 13.2 Å². The second-order valence-corrected chi connectivity index (χ2v) is 6.86. The van der Waals surface area contributed by atoms with E-state index >= 15 is 0 Å². The molecule has 3 rings (SSSR count). The average Bonchev–Trinajstić information content (AvgIpc) is 3.18. The number of carbonyl (C=O) groups excluding carboxylic acids is 1. The molecule has 8 heteroatoms. The van der Waals surface area contributed by atoms with Crippen LogP contribution in [0, 0.1) is 0 Å². The van der Waals surface area contributed by atoms with Crippen molar-refractivity contribution < 1.29 is 19.4 Å². The van der Waals surface area contributed by atoms with Gasteiger partial charge in [-0.2, -0.15) is 0 Å². The SMILES string of the molecule is O=C(Cc1csc(-c2ccc(Cl)cc2)n1)NC1(C(=O)O)CCOC1. The van der Waals surface area contributed by atoms with Crippen molar-refractivity contribution in [1.82, 2.24) is 10.3 Å². The number of thiazole rings is 1. The summed E-state index contributed by atoms with van der Waals surface area (Å²) in [6.07, 6.45) is 0.292. The predicted octanol–water partition coefficient (Wildman–Crippen LogP) is 2.37. The van der Waals surface area contributed by atoms with E-state index in [2.05, 4.69) is 10.3 Å². The van der Waals surface area contributed by atoms with E-state index in [9.17, 15) is 14.7 Å². The Morgan fingerprint density at radius 1 is 1.38 bits per heavy atom. The topological polar surface area (TPSA) is 88.5 Å². The summed E-state index contributed by atoms with van der Waals surface area (Å²) in [5, 5.41) is 15.1. The van der Waals surface area contributed by atoms with Gasteiger partial charge >= 0.3 is 5.97 Å². The highest BCUT2D eigenvalue weighted by Crippen LogP contribution is 2.25. The summed E-state index contributed by atoms with van der Waals surface area (Å²) < 4.78 is 5.12. The number of carboxylic acid groups (broad SMARTS) is 1. The molecule has 1 saturated heterocycles. The summed E-state index contributed by atoms with van der Waals surface area (Å²) in [6, 6.07) is 7.28. The smallest absolute Gasteiger partial charge is 0.331 e. The summed E-state index contributed by atoms with van der Waals surface area (Å²) in [4.78, 5) is 28.0.